The van der Waals surface area contributed by atoms with Gasteiger partial charge in [0.25, 0.3) is 11.9 Å². The first kappa shape index (κ1) is 23.8. The largest absolute Gasteiger partial charge is 0.487 e. The first-order valence-electron chi connectivity index (χ1n) is 13.6. The van der Waals surface area contributed by atoms with E-state index < -0.39 is 5.82 Å². The third kappa shape index (κ3) is 4.38. The molecule has 7 nitrogen and oxygen atoms in total. The molecule has 3 heterocycles. The van der Waals surface area contributed by atoms with E-state index in [-0.39, 0.29) is 17.7 Å². The van der Waals surface area contributed by atoms with Crippen molar-refractivity contribution in [2.75, 3.05) is 36.4 Å². The number of aromatic nitrogens is 1. The van der Waals surface area contributed by atoms with Gasteiger partial charge in [0.05, 0.1) is 12.6 Å². The molecule has 2 aromatic rings. The molecular formula is C28H37FN4O3. The standard InChI is InChI=1S/C28H37FN4O3/c1-4-28(5-2)15-33(16-28)27-31-24(23(36-27)14-32-7-6-8-32)26(34)30-20-9-17(3)25(22(29)13-20)35-21-11-18-10-19(18)12-21/h9,13,18-19,21H,4-8,10-12,14-16H2,1-3H3,(H,30,34)/t18-,19?,21?/m0/s1. The fraction of sp³-hybridized carbons (Fsp3) is 0.643. The van der Waals surface area contributed by atoms with Crippen LogP contribution in [-0.2, 0) is 6.54 Å². The maximum atomic E-state index is 15.0. The van der Waals surface area contributed by atoms with Crippen LogP contribution in [-0.4, -0.2) is 48.1 Å². The summed E-state index contributed by atoms with van der Waals surface area (Å²) in [7, 11) is 0. The minimum atomic E-state index is -0.441. The SMILES string of the molecule is CCC1(CC)CN(c2nc(C(=O)Nc3cc(C)c(OC4CC5C[C@H]5C4)c(F)c3)c(CN3CCC3)o2)C1. The van der Waals surface area contributed by atoms with Gasteiger partial charge in [-0.3, -0.25) is 9.69 Å². The highest BCUT2D eigenvalue weighted by Crippen LogP contribution is 2.52. The average Bonchev–Trinajstić information content (AvgIpc) is 3.20. The number of carbonyl (C=O) groups excluding carboxylic acids is 1. The highest BCUT2D eigenvalue weighted by Gasteiger charge is 2.47. The fourth-order valence-electron chi connectivity index (χ4n) is 6.16. The molecule has 194 valence electrons. The zero-order chi connectivity index (χ0) is 25.0. The minimum Gasteiger partial charge on any atom is -0.487 e. The number of aryl methyl sites for hydroxylation is 1. The van der Waals surface area contributed by atoms with E-state index in [1.165, 1.54) is 12.5 Å². The maximum absolute atomic E-state index is 15.0. The molecule has 2 saturated carbocycles. The van der Waals surface area contributed by atoms with Gasteiger partial charge in [0.1, 0.15) is 0 Å². The van der Waals surface area contributed by atoms with E-state index in [2.05, 4.69) is 33.9 Å². The van der Waals surface area contributed by atoms with Gasteiger partial charge in [-0.05, 0) is 82.0 Å². The molecule has 4 aliphatic rings. The summed E-state index contributed by atoms with van der Waals surface area (Å²) in [4.78, 5) is 22.3. The second kappa shape index (κ2) is 9.05. The molecule has 1 aromatic heterocycles. The van der Waals surface area contributed by atoms with Gasteiger partial charge in [-0.15, -0.1) is 0 Å². The highest BCUT2D eigenvalue weighted by atomic mass is 19.1. The number of hydrogen-bond acceptors (Lipinski definition) is 6. The summed E-state index contributed by atoms with van der Waals surface area (Å²) < 4.78 is 27.2. The average molecular weight is 497 g/mol. The van der Waals surface area contributed by atoms with E-state index in [0.29, 0.717) is 40.7 Å². The van der Waals surface area contributed by atoms with Crippen molar-refractivity contribution >= 4 is 17.6 Å². The van der Waals surface area contributed by atoms with Crippen molar-refractivity contribution in [3.05, 3.63) is 35.0 Å². The number of likely N-dealkylation sites (tertiary alicyclic amines) is 1. The lowest BCUT2D eigenvalue weighted by Gasteiger charge is -2.49. The number of amides is 1. The van der Waals surface area contributed by atoms with Crippen LogP contribution in [0.5, 0.6) is 5.75 Å². The molecule has 0 spiro atoms. The van der Waals surface area contributed by atoms with E-state index >= 15 is 4.39 Å². The number of ether oxygens (including phenoxy) is 1. The number of oxazole rings is 1. The molecule has 0 bridgehead atoms. The van der Waals surface area contributed by atoms with Crippen LogP contribution in [0, 0.1) is 30.0 Å². The zero-order valence-electron chi connectivity index (χ0n) is 21.6. The number of rotatable bonds is 9. The van der Waals surface area contributed by atoms with Crippen LogP contribution in [0.3, 0.4) is 0 Å². The third-order valence-corrected chi connectivity index (χ3v) is 9.01. The Morgan fingerprint density at radius 3 is 2.53 bits per heavy atom. The molecule has 2 aliphatic carbocycles. The third-order valence-electron chi connectivity index (χ3n) is 9.01. The van der Waals surface area contributed by atoms with Gasteiger partial charge in [-0.1, -0.05) is 13.8 Å². The van der Waals surface area contributed by atoms with E-state index in [1.54, 1.807) is 6.07 Å². The summed E-state index contributed by atoms with van der Waals surface area (Å²) in [6.07, 6.45) is 6.81. The Balaban J connectivity index is 1.18. The Morgan fingerprint density at radius 1 is 1.19 bits per heavy atom. The lowest BCUT2D eigenvalue weighted by Crippen LogP contribution is -2.56. The number of nitrogens with zero attached hydrogens (tertiary/aromatic N) is 3. The lowest BCUT2D eigenvalue weighted by atomic mass is 9.75. The van der Waals surface area contributed by atoms with Crippen LogP contribution in [0.1, 0.15) is 74.2 Å². The smallest absolute Gasteiger partial charge is 0.298 e. The van der Waals surface area contributed by atoms with Crippen molar-refractivity contribution in [2.24, 2.45) is 17.3 Å². The van der Waals surface area contributed by atoms with Gasteiger partial charge in [-0.2, -0.15) is 4.98 Å². The normalized spacial score (nSPS) is 26.2. The van der Waals surface area contributed by atoms with Crippen LogP contribution in [0.25, 0.3) is 0 Å². The van der Waals surface area contributed by atoms with Gasteiger partial charge in [0.15, 0.2) is 23.0 Å². The van der Waals surface area contributed by atoms with Crippen molar-refractivity contribution in [3.8, 4) is 5.75 Å². The summed E-state index contributed by atoms with van der Waals surface area (Å²) in [5.41, 5.74) is 1.66. The van der Waals surface area contributed by atoms with Crippen LogP contribution in [0.4, 0.5) is 16.1 Å². The topological polar surface area (TPSA) is 70.8 Å². The Kier molecular flexibility index (Phi) is 5.97. The van der Waals surface area contributed by atoms with E-state index in [4.69, 9.17) is 9.15 Å². The van der Waals surface area contributed by atoms with E-state index in [1.807, 2.05) is 6.92 Å². The number of hydrogen-bond donors (Lipinski definition) is 1. The maximum Gasteiger partial charge on any atom is 0.298 e. The number of halogens is 1. The van der Waals surface area contributed by atoms with E-state index in [0.717, 1.165) is 70.1 Å². The Bertz CT molecular complexity index is 1110. The Hall–Kier alpha value is -2.61. The summed E-state index contributed by atoms with van der Waals surface area (Å²) in [6, 6.07) is 3.63. The number of nitrogens with one attached hydrogen (secondary N) is 1. The predicted molar refractivity (Wildman–Crippen MR) is 136 cm³/mol. The molecule has 8 heteroatoms. The Labute approximate surface area is 212 Å². The van der Waals surface area contributed by atoms with Gasteiger partial charge in [0, 0.05) is 30.3 Å². The minimum absolute atomic E-state index is 0.0978. The second-order valence-corrected chi connectivity index (χ2v) is 11.5. The molecule has 1 amide bonds. The molecule has 4 fully saturated rings. The first-order valence-corrected chi connectivity index (χ1v) is 13.6. The highest BCUT2D eigenvalue weighted by molar-refractivity contribution is 6.03. The monoisotopic (exact) mass is 496 g/mol. The van der Waals surface area contributed by atoms with Gasteiger partial charge in [-0.25, -0.2) is 4.39 Å². The van der Waals surface area contributed by atoms with Gasteiger partial charge < -0.3 is 19.4 Å². The quantitative estimate of drug-likeness (QED) is 0.502. The number of carbonyl (C=O) groups is 1. The molecule has 2 saturated heterocycles. The van der Waals surface area contributed by atoms with Crippen molar-refractivity contribution in [1.29, 1.82) is 0 Å². The molecule has 1 N–H and O–H groups in total. The molecule has 36 heavy (non-hydrogen) atoms. The summed E-state index contributed by atoms with van der Waals surface area (Å²) in [5.74, 6) is 1.60. The predicted octanol–water partition coefficient (Wildman–Crippen LogP) is 5.38. The van der Waals surface area contributed by atoms with Crippen molar-refractivity contribution in [1.82, 2.24) is 9.88 Å². The molecular weight excluding hydrogens is 459 g/mol. The van der Waals surface area contributed by atoms with Gasteiger partial charge >= 0.3 is 0 Å². The van der Waals surface area contributed by atoms with Crippen molar-refractivity contribution in [2.45, 2.75) is 71.9 Å². The van der Waals surface area contributed by atoms with Crippen molar-refractivity contribution in [3.63, 3.8) is 0 Å². The zero-order valence-corrected chi connectivity index (χ0v) is 21.6. The molecule has 2 aliphatic heterocycles. The van der Waals surface area contributed by atoms with E-state index in [9.17, 15) is 4.79 Å². The van der Waals surface area contributed by atoms with Crippen LogP contribution < -0.4 is 15.0 Å². The van der Waals surface area contributed by atoms with Gasteiger partial charge in [0.2, 0.25) is 0 Å². The van der Waals surface area contributed by atoms with Crippen LogP contribution in [0.2, 0.25) is 0 Å². The molecule has 2 unspecified atom stereocenters. The van der Waals surface area contributed by atoms with Crippen LogP contribution >= 0.6 is 0 Å². The molecule has 3 atom stereocenters. The summed E-state index contributed by atoms with van der Waals surface area (Å²) in [6.45, 7) is 10.6. The number of fused-ring (bicyclic) bond motifs is 1. The van der Waals surface area contributed by atoms with Crippen LogP contribution in [0.15, 0.2) is 16.5 Å². The molecule has 0 radical (unpaired) electrons. The second-order valence-electron chi connectivity index (χ2n) is 11.5. The molecule has 6 rings (SSSR count). The number of anilines is 2. The summed E-state index contributed by atoms with van der Waals surface area (Å²) >= 11 is 0. The fourth-order valence-corrected chi connectivity index (χ4v) is 6.16. The van der Waals surface area contributed by atoms with Crippen molar-refractivity contribution < 1.29 is 18.3 Å². The number of benzene rings is 1. The first-order chi connectivity index (χ1) is 17.4. The molecule has 1 aromatic carbocycles. The Morgan fingerprint density at radius 2 is 1.92 bits per heavy atom. The lowest BCUT2D eigenvalue weighted by molar-refractivity contribution is 0.101. The summed E-state index contributed by atoms with van der Waals surface area (Å²) in [5, 5.41) is 2.86.